The number of aliphatic hydroxyl groups is 1. The van der Waals surface area contributed by atoms with Crippen LogP contribution in [-0.2, 0) is 0 Å². The summed E-state index contributed by atoms with van der Waals surface area (Å²) in [7, 11) is 0. The van der Waals surface area contributed by atoms with Crippen molar-refractivity contribution >= 4 is 29.9 Å². The van der Waals surface area contributed by atoms with Crippen molar-refractivity contribution in [2.75, 3.05) is 26.2 Å². The van der Waals surface area contributed by atoms with E-state index in [1.807, 2.05) is 20.8 Å². The quantitative estimate of drug-likeness (QED) is 0.319. The molecule has 8 heteroatoms. The van der Waals surface area contributed by atoms with Gasteiger partial charge in [-0.05, 0) is 19.8 Å². The van der Waals surface area contributed by atoms with Crippen LogP contribution in [0.3, 0.4) is 0 Å². The van der Waals surface area contributed by atoms with E-state index in [1.165, 1.54) is 0 Å². The van der Waals surface area contributed by atoms with Gasteiger partial charge in [-0.2, -0.15) is 13.2 Å². The molecule has 0 spiro atoms. The van der Waals surface area contributed by atoms with Gasteiger partial charge >= 0.3 is 6.18 Å². The molecule has 128 valence electrons. The van der Waals surface area contributed by atoms with Gasteiger partial charge in [0.25, 0.3) is 0 Å². The van der Waals surface area contributed by atoms with Crippen molar-refractivity contribution in [2.45, 2.75) is 46.2 Å². The van der Waals surface area contributed by atoms with Crippen molar-refractivity contribution in [1.29, 1.82) is 0 Å². The molecule has 0 fully saturated rings. The highest BCUT2D eigenvalue weighted by Gasteiger charge is 2.27. The number of aliphatic imine (C=N–C) groups is 1. The predicted molar refractivity (Wildman–Crippen MR) is 90.2 cm³/mol. The second kappa shape index (κ2) is 11.3. The Morgan fingerprint density at radius 1 is 1.10 bits per heavy atom. The second-order valence-corrected chi connectivity index (χ2v) is 4.85. The van der Waals surface area contributed by atoms with E-state index in [4.69, 9.17) is 0 Å². The Kier molecular flexibility index (Phi) is 12.4. The molecule has 3 N–H and O–H groups in total. The fourth-order valence-electron chi connectivity index (χ4n) is 1.66. The molecule has 0 aliphatic rings. The summed E-state index contributed by atoms with van der Waals surface area (Å²) in [6.45, 7) is 6.56. The van der Waals surface area contributed by atoms with E-state index in [1.54, 1.807) is 0 Å². The van der Waals surface area contributed by atoms with Crippen LogP contribution >= 0.6 is 24.0 Å². The smallest absolute Gasteiger partial charge is 0.390 e. The largest absolute Gasteiger partial charge is 0.396 e. The van der Waals surface area contributed by atoms with Gasteiger partial charge in [0.05, 0.1) is 19.6 Å². The van der Waals surface area contributed by atoms with Crippen LogP contribution in [0.2, 0.25) is 0 Å². The highest BCUT2D eigenvalue weighted by molar-refractivity contribution is 14.0. The molecule has 0 heterocycles. The van der Waals surface area contributed by atoms with Gasteiger partial charge in [0.1, 0.15) is 0 Å². The van der Waals surface area contributed by atoms with Crippen molar-refractivity contribution in [2.24, 2.45) is 10.4 Å². The van der Waals surface area contributed by atoms with E-state index in [9.17, 15) is 18.3 Å². The van der Waals surface area contributed by atoms with E-state index in [0.29, 0.717) is 19.0 Å². The Bertz CT molecular complexity index is 287. The highest BCUT2D eigenvalue weighted by Crippen LogP contribution is 2.25. The maximum atomic E-state index is 12.1. The molecule has 4 nitrogen and oxygen atoms in total. The van der Waals surface area contributed by atoms with Crippen LogP contribution in [0.15, 0.2) is 4.99 Å². The van der Waals surface area contributed by atoms with Crippen LogP contribution in [0.5, 0.6) is 0 Å². The Morgan fingerprint density at radius 3 is 2.05 bits per heavy atom. The number of halogens is 4. The summed E-state index contributed by atoms with van der Waals surface area (Å²) in [6.07, 6.45) is -3.53. The normalized spacial score (nSPS) is 12.8. The molecule has 0 bridgehead atoms. The van der Waals surface area contributed by atoms with E-state index >= 15 is 0 Å². The molecule has 0 radical (unpaired) electrons. The van der Waals surface area contributed by atoms with E-state index in [2.05, 4.69) is 15.6 Å². The van der Waals surface area contributed by atoms with E-state index in [0.717, 1.165) is 12.8 Å². The van der Waals surface area contributed by atoms with Crippen molar-refractivity contribution in [3.8, 4) is 0 Å². The molecule has 0 saturated heterocycles. The van der Waals surface area contributed by atoms with Crippen LogP contribution in [0.4, 0.5) is 13.2 Å². The van der Waals surface area contributed by atoms with Gasteiger partial charge in [0.2, 0.25) is 0 Å². The van der Waals surface area contributed by atoms with Crippen molar-refractivity contribution in [1.82, 2.24) is 10.6 Å². The minimum atomic E-state index is -4.17. The number of rotatable bonds is 8. The third-order valence-electron chi connectivity index (χ3n) is 3.45. The molecule has 0 atom stereocenters. The first-order valence-corrected chi connectivity index (χ1v) is 7.02. The average Bonchev–Trinajstić information content (AvgIpc) is 2.39. The summed E-state index contributed by atoms with van der Waals surface area (Å²) in [5.74, 6) is 0.358. The molecule has 0 unspecified atom stereocenters. The highest BCUT2D eigenvalue weighted by atomic mass is 127. The van der Waals surface area contributed by atoms with Gasteiger partial charge in [0.15, 0.2) is 5.96 Å². The number of guanidine groups is 1. The molecule has 0 amide bonds. The average molecular weight is 425 g/mol. The number of hydrogen-bond donors (Lipinski definition) is 3. The lowest BCUT2D eigenvalue weighted by molar-refractivity contribution is -0.132. The SMILES string of the molecule is CCNC(=NCC(CC)(CC)CO)NCCC(F)(F)F.I. The lowest BCUT2D eigenvalue weighted by Gasteiger charge is -2.27. The molecule has 0 aromatic carbocycles. The summed E-state index contributed by atoms with van der Waals surface area (Å²) in [4.78, 5) is 4.29. The fourth-order valence-corrected chi connectivity index (χ4v) is 1.66. The molecule has 0 aliphatic heterocycles. The lowest BCUT2D eigenvalue weighted by Crippen LogP contribution is -2.40. The zero-order valence-corrected chi connectivity index (χ0v) is 15.2. The number of aliphatic hydroxyl groups excluding tert-OH is 1. The lowest BCUT2D eigenvalue weighted by atomic mass is 9.83. The summed E-state index contributed by atoms with van der Waals surface area (Å²) >= 11 is 0. The Balaban J connectivity index is 0. The fraction of sp³-hybridized carbons (Fsp3) is 0.923. The van der Waals surface area contributed by atoms with Crippen LogP contribution in [0.25, 0.3) is 0 Å². The number of nitrogens with one attached hydrogen (secondary N) is 2. The van der Waals surface area contributed by atoms with Gasteiger partial charge < -0.3 is 15.7 Å². The Morgan fingerprint density at radius 2 is 1.67 bits per heavy atom. The third-order valence-corrected chi connectivity index (χ3v) is 3.45. The first-order chi connectivity index (χ1) is 9.32. The van der Waals surface area contributed by atoms with Gasteiger partial charge in [-0.1, -0.05) is 13.8 Å². The third kappa shape index (κ3) is 10.2. The molecule has 0 aliphatic carbocycles. The Labute approximate surface area is 142 Å². The maximum Gasteiger partial charge on any atom is 0.390 e. The minimum Gasteiger partial charge on any atom is -0.396 e. The van der Waals surface area contributed by atoms with Crippen molar-refractivity contribution in [3.05, 3.63) is 0 Å². The zero-order valence-electron chi connectivity index (χ0n) is 12.9. The predicted octanol–water partition coefficient (Wildman–Crippen LogP) is 2.91. The van der Waals surface area contributed by atoms with Gasteiger partial charge in [-0.25, -0.2) is 0 Å². The first kappa shape index (κ1) is 23.0. The topological polar surface area (TPSA) is 56.7 Å². The molecular weight excluding hydrogens is 398 g/mol. The summed E-state index contributed by atoms with van der Waals surface area (Å²) in [6, 6.07) is 0. The number of alkyl halides is 3. The standard InChI is InChI=1S/C13H26F3N3O.HI/c1-4-12(5-2,10-20)9-19-11(17-6-3)18-8-7-13(14,15)16;/h20H,4-10H2,1-3H3,(H2,17,18,19);1H. The van der Waals surface area contributed by atoms with Gasteiger partial charge in [-0.3, -0.25) is 4.99 Å². The van der Waals surface area contributed by atoms with Crippen molar-refractivity contribution in [3.63, 3.8) is 0 Å². The molecule has 0 aromatic heterocycles. The molecular formula is C13H27F3IN3O. The molecule has 0 saturated carbocycles. The summed E-state index contributed by atoms with van der Waals surface area (Å²) < 4.78 is 36.3. The van der Waals surface area contributed by atoms with Crippen LogP contribution in [0.1, 0.15) is 40.0 Å². The second-order valence-electron chi connectivity index (χ2n) is 4.85. The first-order valence-electron chi connectivity index (χ1n) is 7.02. The minimum absolute atomic E-state index is 0. The molecule has 0 aromatic rings. The van der Waals surface area contributed by atoms with Crippen LogP contribution in [0, 0.1) is 5.41 Å². The summed E-state index contributed by atoms with van der Waals surface area (Å²) in [5.41, 5.74) is -0.299. The van der Waals surface area contributed by atoms with Crippen LogP contribution < -0.4 is 10.6 Å². The van der Waals surface area contributed by atoms with Crippen molar-refractivity contribution < 1.29 is 18.3 Å². The molecule has 21 heavy (non-hydrogen) atoms. The Hall–Kier alpha value is -0.250. The van der Waals surface area contributed by atoms with Crippen LogP contribution in [-0.4, -0.2) is 43.5 Å². The maximum absolute atomic E-state index is 12.1. The summed E-state index contributed by atoms with van der Waals surface area (Å²) in [5, 5.41) is 15.0. The number of hydrogen-bond acceptors (Lipinski definition) is 2. The van der Waals surface area contributed by atoms with Gasteiger partial charge in [0, 0.05) is 18.5 Å². The number of nitrogens with zero attached hydrogens (tertiary/aromatic N) is 1. The van der Waals surface area contributed by atoms with E-state index in [-0.39, 0.29) is 42.5 Å². The monoisotopic (exact) mass is 425 g/mol. The zero-order chi connectivity index (χ0) is 15.6. The molecule has 0 rings (SSSR count). The van der Waals surface area contributed by atoms with Gasteiger partial charge in [-0.15, -0.1) is 24.0 Å². The van der Waals surface area contributed by atoms with E-state index < -0.39 is 12.6 Å².